The SMILES string of the molecule is CC1C(C)C(C)C(C)([Si]2(C3(C)C(C)C(C)C(C)C3C)SC(=S)[Si](C3(C)C(C)C(C)C(C)C3C)(C3(C)C(C)C(C)C(C)C3C)SC2=S)C1C. The van der Waals surface area contributed by atoms with Gasteiger partial charge < -0.3 is 0 Å². The highest BCUT2D eigenvalue weighted by atomic mass is 32.4. The third kappa shape index (κ3) is 4.21. The van der Waals surface area contributed by atoms with E-state index in [1.165, 1.54) is 7.64 Å². The van der Waals surface area contributed by atoms with E-state index in [9.17, 15) is 0 Å². The summed E-state index contributed by atoms with van der Waals surface area (Å²) in [5.41, 5.74) is 0. The van der Waals surface area contributed by atoms with E-state index < -0.39 is 14.4 Å². The number of thiocarbonyl (C=S) groups is 2. The van der Waals surface area contributed by atoms with Gasteiger partial charge in [0.15, 0.2) is 14.4 Å². The van der Waals surface area contributed by atoms with Crippen LogP contribution < -0.4 is 0 Å². The minimum Gasteiger partial charge on any atom is -0.139 e. The normalized spacial score (nSPS) is 63.8. The number of rotatable bonds is 4. The Bertz CT molecular complexity index is 1080. The first-order chi connectivity index (χ1) is 21.8. The molecule has 16 unspecified atom stereocenters. The van der Waals surface area contributed by atoms with Gasteiger partial charge in [-0.15, -0.1) is 22.4 Å². The molecule has 4 saturated carbocycles. The molecule has 0 spiro atoms. The Morgan fingerprint density at radius 3 is 0.583 bits per heavy atom. The zero-order valence-corrected chi connectivity index (χ0v) is 40.1. The van der Waals surface area contributed by atoms with Crippen molar-refractivity contribution in [3.05, 3.63) is 0 Å². The molecule has 1 heterocycles. The molecule has 0 aromatic rings. The molecule has 276 valence electrons. The van der Waals surface area contributed by atoms with Gasteiger partial charge in [-0.25, -0.2) is 0 Å². The van der Waals surface area contributed by atoms with Crippen LogP contribution in [-0.4, -0.2) is 22.1 Å². The predicted octanol–water partition coefficient (Wildman–Crippen LogP) is 14.4. The molecule has 4 aliphatic carbocycles. The second-order valence-electron chi connectivity index (χ2n) is 20.5. The lowest BCUT2D eigenvalue weighted by Gasteiger charge is -2.68. The Morgan fingerprint density at radius 2 is 0.458 bits per heavy atom. The zero-order chi connectivity index (χ0) is 36.8. The molecule has 1 aliphatic heterocycles. The lowest BCUT2D eigenvalue weighted by molar-refractivity contribution is 0.305. The Balaban J connectivity index is 1.88. The fourth-order valence-corrected chi connectivity index (χ4v) is 55.2. The van der Waals surface area contributed by atoms with Crippen LogP contribution in [0.15, 0.2) is 0 Å². The lowest BCUT2D eigenvalue weighted by Crippen LogP contribution is -2.73. The minimum absolute atomic E-state index is 0.190. The van der Waals surface area contributed by atoms with Crippen molar-refractivity contribution in [2.75, 3.05) is 0 Å². The Kier molecular flexibility index (Phi) is 10.5. The van der Waals surface area contributed by atoms with Crippen LogP contribution in [0.5, 0.6) is 0 Å². The van der Waals surface area contributed by atoms with Gasteiger partial charge in [-0.3, -0.25) is 0 Å². The van der Waals surface area contributed by atoms with E-state index in [0.29, 0.717) is 94.7 Å². The van der Waals surface area contributed by atoms with Crippen molar-refractivity contribution in [2.24, 2.45) is 94.7 Å². The second kappa shape index (κ2) is 12.4. The first-order valence-corrected chi connectivity index (χ1v) is 28.2. The fraction of sp³-hybridized carbons (Fsp3) is 0.952. The Morgan fingerprint density at radius 1 is 0.333 bits per heavy atom. The van der Waals surface area contributed by atoms with E-state index in [1.807, 2.05) is 0 Å². The summed E-state index contributed by atoms with van der Waals surface area (Å²) in [4.78, 5) is 0. The zero-order valence-electron chi connectivity index (χ0n) is 34.9. The maximum Gasteiger partial charge on any atom is 0.186 e. The smallest absolute Gasteiger partial charge is 0.139 e. The van der Waals surface area contributed by atoms with Crippen molar-refractivity contribution < 1.29 is 0 Å². The molecular formula is C42H76S4Si2. The van der Waals surface area contributed by atoms with Gasteiger partial charge in [-0.05, 0) is 115 Å². The summed E-state index contributed by atoms with van der Waals surface area (Å²) < 4.78 is 3.05. The van der Waals surface area contributed by atoms with Crippen LogP contribution in [0.3, 0.4) is 0 Å². The molecule has 1 saturated heterocycles. The van der Waals surface area contributed by atoms with Gasteiger partial charge in [0, 0.05) is 7.64 Å². The van der Waals surface area contributed by atoms with Crippen molar-refractivity contribution in [2.45, 2.75) is 159 Å². The molecule has 16 atom stereocenters. The maximum atomic E-state index is 7.45. The van der Waals surface area contributed by atoms with Crippen molar-refractivity contribution in [1.29, 1.82) is 0 Å². The summed E-state index contributed by atoms with van der Waals surface area (Å²) in [6.07, 6.45) is 0. The minimum atomic E-state index is -2.56. The molecule has 5 rings (SSSR count). The van der Waals surface area contributed by atoms with Gasteiger partial charge in [-0.1, -0.05) is 163 Å². The Labute approximate surface area is 320 Å². The molecule has 0 aromatic carbocycles. The molecule has 0 aromatic heterocycles. The lowest BCUT2D eigenvalue weighted by atomic mass is 9.88. The third-order valence-corrected chi connectivity index (χ3v) is 51.2. The summed E-state index contributed by atoms with van der Waals surface area (Å²) in [5, 5.41) is 0.758. The predicted molar refractivity (Wildman–Crippen MR) is 232 cm³/mol. The highest BCUT2D eigenvalue weighted by Crippen LogP contribution is 2.85. The molecule has 0 nitrogen and oxygen atoms in total. The topological polar surface area (TPSA) is 0 Å². The van der Waals surface area contributed by atoms with Crippen LogP contribution in [0, 0.1) is 94.7 Å². The molecule has 5 aliphatic rings. The molecule has 0 radical (unpaired) electrons. The maximum absolute atomic E-state index is 7.45. The summed E-state index contributed by atoms with van der Waals surface area (Å²) in [7, 11) is -5.12. The van der Waals surface area contributed by atoms with Gasteiger partial charge in [0.25, 0.3) is 0 Å². The summed E-state index contributed by atoms with van der Waals surface area (Å²) in [6.45, 7) is 52.9. The Hall–Kier alpha value is 1.31. The van der Waals surface area contributed by atoms with Gasteiger partial charge in [0.1, 0.15) is 0 Å². The first-order valence-electron chi connectivity index (χ1n) is 20.3. The van der Waals surface area contributed by atoms with E-state index in [-0.39, 0.29) is 20.2 Å². The highest BCUT2D eigenvalue weighted by molar-refractivity contribution is 8.68. The third-order valence-electron chi connectivity index (χ3n) is 21.3. The molecular weight excluding hydrogens is 689 g/mol. The average Bonchev–Trinajstić information content (AvgIpc) is 3.45. The molecule has 0 amide bonds. The summed E-state index contributed by atoms with van der Waals surface area (Å²) in [6, 6.07) is 0. The standard InChI is InChI=1S/C42H76S4Si2/c1-21-22(2)30(10)39(17,29(21)9)47(40(18)31(11)23(3)24(4)32(40)12)37(43)46-48(38(44)45-47,41(19)33(13)25(5)26(6)34(41)14)42(20)35(15)27(7)28(8)36(42)16/h21-36H,1-20H3. The second-order valence-corrected chi connectivity index (χ2v) is 37.4. The van der Waals surface area contributed by atoms with Crippen LogP contribution >= 0.6 is 46.9 Å². The van der Waals surface area contributed by atoms with E-state index in [2.05, 4.69) is 161 Å². The van der Waals surface area contributed by atoms with Crippen molar-refractivity contribution >= 4 is 68.9 Å². The molecule has 6 heteroatoms. The van der Waals surface area contributed by atoms with Crippen LogP contribution in [0.1, 0.15) is 138 Å². The highest BCUT2D eigenvalue weighted by Gasteiger charge is 2.83. The van der Waals surface area contributed by atoms with Gasteiger partial charge >= 0.3 is 0 Å². The summed E-state index contributed by atoms with van der Waals surface area (Å²) in [5.74, 6) is 10.7. The van der Waals surface area contributed by atoms with Crippen LogP contribution in [-0.2, 0) is 0 Å². The van der Waals surface area contributed by atoms with E-state index in [4.69, 9.17) is 24.4 Å². The first kappa shape index (κ1) is 40.5. The van der Waals surface area contributed by atoms with Crippen molar-refractivity contribution in [3.63, 3.8) is 0 Å². The van der Waals surface area contributed by atoms with Crippen LogP contribution in [0.2, 0.25) is 20.2 Å². The van der Waals surface area contributed by atoms with Crippen molar-refractivity contribution in [1.82, 2.24) is 0 Å². The largest absolute Gasteiger partial charge is 0.186 e. The van der Waals surface area contributed by atoms with E-state index >= 15 is 0 Å². The number of hydrogen-bond donors (Lipinski definition) is 0. The average molecular weight is 766 g/mol. The van der Waals surface area contributed by atoms with E-state index in [1.54, 1.807) is 0 Å². The molecule has 0 N–H and O–H groups in total. The quantitative estimate of drug-likeness (QED) is 0.206. The monoisotopic (exact) mass is 764 g/mol. The van der Waals surface area contributed by atoms with Gasteiger partial charge in [0.2, 0.25) is 0 Å². The molecule has 48 heavy (non-hydrogen) atoms. The fourth-order valence-electron chi connectivity index (χ4n) is 15.2. The van der Waals surface area contributed by atoms with Crippen LogP contribution in [0.4, 0.5) is 0 Å². The van der Waals surface area contributed by atoms with Gasteiger partial charge in [-0.2, -0.15) is 0 Å². The van der Waals surface area contributed by atoms with Crippen molar-refractivity contribution in [3.8, 4) is 0 Å². The van der Waals surface area contributed by atoms with Crippen LogP contribution in [0.25, 0.3) is 0 Å². The summed E-state index contributed by atoms with van der Waals surface area (Å²) >= 11 is 19.7. The number of hydrogen-bond acceptors (Lipinski definition) is 4. The van der Waals surface area contributed by atoms with E-state index in [0.717, 1.165) is 0 Å². The molecule has 0 bridgehead atoms. The van der Waals surface area contributed by atoms with Gasteiger partial charge in [0.05, 0.1) is 0 Å². The molecule has 5 fully saturated rings.